The fourth-order valence-corrected chi connectivity index (χ4v) is 1.20. The van der Waals surface area contributed by atoms with E-state index in [0.29, 0.717) is 11.3 Å². The smallest absolute Gasteiger partial charge is 0.159 e. The highest BCUT2D eigenvalue weighted by atomic mass is 31.2. The van der Waals surface area contributed by atoms with Crippen LogP contribution >= 0.6 is 8.53 Å². The van der Waals surface area contributed by atoms with Gasteiger partial charge in [-0.15, -0.1) is 0 Å². The topological polar surface area (TPSA) is 75.4 Å². The predicted molar refractivity (Wildman–Crippen MR) is 48.2 cm³/mol. The minimum Gasteiger partial charge on any atom is -0.786 e. The number of nitrogens with two attached hydrogens (primary N) is 1. The quantitative estimate of drug-likeness (QED) is 0.576. The fourth-order valence-electron chi connectivity index (χ4n) is 0.876. The van der Waals surface area contributed by atoms with Gasteiger partial charge in [0.15, 0.2) is 5.78 Å². The molecule has 1 unspecified atom stereocenters. The highest BCUT2D eigenvalue weighted by molar-refractivity contribution is 7.42. The minimum absolute atomic E-state index is 0.0716. The lowest BCUT2D eigenvalue weighted by Gasteiger charge is -2.17. The van der Waals surface area contributed by atoms with E-state index in [1.54, 1.807) is 18.2 Å². The number of benzene rings is 1. The largest absolute Gasteiger partial charge is 0.786 e. The first-order chi connectivity index (χ1) is 6.09. The second-order valence-electron chi connectivity index (χ2n) is 2.46. The number of rotatable bonds is 3. The third-order valence-electron chi connectivity index (χ3n) is 1.44. The number of Topliss-reactive ketones (excluding diaryl/α,β-unsaturated/α-hetero) is 1. The molecule has 1 aromatic rings. The summed E-state index contributed by atoms with van der Waals surface area (Å²) in [5.74, 6) is 0.272. The van der Waals surface area contributed by atoms with Crippen LogP contribution in [0.15, 0.2) is 24.3 Å². The van der Waals surface area contributed by atoms with Crippen LogP contribution in [0.25, 0.3) is 0 Å². The molecule has 0 saturated heterocycles. The molecule has 2 N–H and O–H groups in total. The Labute approximate surface area is 77.3 Å². The summed E-state index contributed by atoms with van der Waals surface area (Å²) in [6.45, 7) is 1.45. The molecule has 5 heteroatoms. The van der Waals surface area contributed by atoms with Gasteiger partial charge in [0.1, 0.15) is 5.75 Å². The molecule has 0 aliphatic carbocycles. The highest BCUT2D eigenvalue weighted by Crippen LogP contribution is 2.23. The van der Waals surface area contributed by atoms with E-state index >= 15 is 0 Å². The van der Waals surface area contributed by atoms with E-state index < -0.39 is 8.53 Å². The Morgan fingerprint density at radius 3 is 2.85 bits per heavy atom. The first kappa shape index (κ1) is 10.1. The lowest BCUT2D eigenvalue weighted by atomic mass is 10.1. The zero-order chi connectivity index (χ0) is 9.84. The molecule has 0 amide bonds. The summed E-state index contributed by atoms with van der Waals surface area (Å²) in [5, 5.41) is 0. The third kappa shape index (κ3) is 3.11. The van der Waals surface area contributed by atoms with Crippen molar-refractivity contribution in [2.45, 2.75) is 6.92 Å². The zero-order valence-electron chi connectivity index (χ0n) is 7.06. The Hall–Kier alpha value is -0.960. The fraction of sp³-hybridized carbons (Fsp3) is 0.125. The molecule has 0 saturated carbocycles. The lowest BCUT2D eigenvalue weighted by molar-refractivity contribution is -0.173. The van der Waals surface area contributed by atoms with Gasteiger partial charge in [-0.1, -0.05) is 12.1 Å². The van der Waals surface area contributed by atoms with Crippen LogP contribution in [0.5, 0.6) is 5.75 Å². The Morgan fingerprint density at radius 1 is 1.62 bits per heavy atom. The van der Waals surface area contributed by atoms with Crippen LogP contribution in [0.4, 0.5) is 0 Å². The molecule has 1 atom stereocenters. The van der Waals surface area contributed by atoms with E-state index in [1.165, 1.54) is 13.0 Å². The van der Waals surface area contributed by atoms with E-state index in [9.17, 15) is 9.69 Å². The molecular weight excluding hydrogens is 189 g/mol. The molecule has 0 spiro atoms. The molecule has 4 nitrogen and oxygen atoms in total. The first-order valence-electron chi connectivity index (χ1n) is 3.60. The summed E-state index contributed by atoms with van der Waals surface area (Å²) in [4.78, 5) is 21.4. The molecule has 0 fully saturated rings. The van der Waals surface area contributed by atoms with E-state index in [4.69, 9.17) is 10.0 Å². The van der Waals surface area contributed by atoms with Crippen molar-refractivity contribution in [2.75, 3.05) is 0 Å². The summed E-state index contributed by atoms with van der Waals surface area (Å²) in [5.41, 5.74) is 5.46. The van der Waals surface area contributed by atoms with E-state index in [-0.39, 0.29) is 5.78 Å². The van der Waals surface area contributed by atoms with Gasteiger partial charge in [0.05, 0.1) is 8.53 Å². The molecule has 0 radical (unpaired) electrons. The van der Waals surface area contributed by atoms with Crippen LogP contribution in [0.2, 0.25) is 0 Å². The summed E-state index contributed by atoms with van der Waals surface area (Å²) in [6.07, 6.45) is 0. The molecule has 0 aliphatic heterocycles. The number of hydrogen-bond donors (Lipinski definition) is 1. The van der Waals surface area contributed by atoms with Gasteiger partial charge < -0.3 is 9.42 Å². The average Bonchev–Trinajstić information content (AvgIpc) is 2.03. The third-order valence-corrected chi connectivity index (χ3v) is 1.83. The molecule has 1 rings (SSSR count). The first-order valence-corrected chi connectivity index (χ1v) is 4.85. The van der Waals surface area contributed by atoms with Crippen molar-refractivity contribution < 1.29 is 14.2 Å². The molecule has 70 valence electrons. The summed E-state index contributed by atoms with van der Waals surface area (Å²) in [7, 11) is -2.17. The van der Waals surface area contributed by atoms with Crippen molar-refractivity contribution in [3.05, 3.63) is 29.8 Å². The van der Waals surface area contributed by atoms with Gasteiger partial charge >= 0.3 is 0 Å². The Kier molecular flexibility index (Phi) is 3.37. The Morgan fingerprint density at radius 2 is 2.31 bits per heavy atom. The van der Waals surface area contributed by atoms with E-state index in [1.807, 2.05) is 0 Å². The van der Waals surface area contributed by atoms with Gasteiger partial charge in [-0.2, -0.15) is 0 Å². The summed E-state index contributed by atoms with van der Waals surface area (Å²) >= 11 is 0. The van der Waals surface area contributed by atoms with Gasteiger partial charge in [-0.05, 0) is 19.1 Å². The normalized spacial score (nSPS) is 12.2. The van der Waals surface area contributed by atoms with Crippen molar-refractivity contribution in [3.63, 3.8) is 0 Å². The molecule has 0 bridgehead atoms. The van der Waals surface area contributed by atoms with Crippen molar-refractivity contribution in [2.24, 2.45) is 5.50 Å². The number of carbonyl (C=O) groups excluding carboxylic acids is 1. The molecule has 0 heterocycles. The Balaban J connectivity index is 2.85. The highest BCUT2D eigenvalue weighted by Gasteiger charge is 2.00. The minimum atomic E-state index is -2.17. The van der Waals surface area contributed by atoms with Crippen molar-refractivity contribution >= 4 is 14.3 Å². The van der Waals surface area contributed by atoms with Gasteiger partial charge in [0, 0.05) is 5.56 Å². The van der Waals surface area contributed by atoms with Gasteiger partial charge in [-0.3, -0.25) is 10.3 Å². The second-order valence-corrected chi connectivity index (χ2v) is 3.21. The van der Waals surface area contributed by atoms with Crippen LogP contribution in [0, 0.1) is 0 Å². The van der Waals surface area contributed by atoms with Gasteiger partial charge in [0.2, 0.25) is 0 Å². The molecule has 0 aliphatic rings. The molecule has 1 aromatic carbocycles. The van der Waals surface area contributed by atoms with E-state index in [0.717, 1.165) is 0 Å². The second kappa shape index (κ2) is 4.33. The standard InChI is InChI=1S/C8H9NO3P/c1-6(10)7-3-2-4-8(5-7)12-13(9)11/h2-5H,9H2,1H3/q-1. The van der Waals surface area contributed by atoms with Crippen LogP contribution in [0.3, 0.4) is 0 Å². The molecule has 0 aromatic heterocycles. The average molecular weight is 198 g/mol. The molecule has 13 heavy (non-hydrogen) atoms. The van der Waals surface area contributed by atoms with Crippen LogP contribution in [-0.4, -0.2) is 5.78 Å². The van der Waals surface area contributed by atoms with Crippen molar-refractivity contribution in [1.82, 2.24) is 0 Å². The van der Waals surface area contributed by atoms with Crippen molar-refractivity contribution in [1.29, 1.82) is 0 Å². The number of hydrogen-bond acceptors (Lipinski definition) is 4. The van der Waals surface area contributed by atoms with Crippen LogP contribution < -0.4 is 14.9 Å². The maximum atomic E-state index is 10.9. The van der Waals surface area contributed by atoms with Crippen molar-refractivity contribution in [3.8, 4) is 5.75 Å². The zero-order valence-corrected chi connectivity index (χ0v) is 7.95. The number of carbonyl (C=O) groups is 1. The lowest BCUT2D eigenvalue weighted by Crippen LogP contribution is -2.09. The van der Waals surface area contributed by atoms with Gasteiger partial charge in [0.25, 0.3) is 0 Å². The van der Waals surface area contributed by atoms with Crippen LogP contribution in [0.1, 0.15) is 17.3 Å². The van der Waals surface area contributed by atoms with Crippen LogP contribution in [-0.2, 0) is 0 Å². The molecular formula is C8H9NO3P-. The Bertz CT molecular complexity index is 314. The SMILES string of the molecule is CC(=O)c1cccc(OP(N)[O-])c1. The van der Waals surface area contributed by atoms with Gasteiger partial charge in [-0.25, -0.2) is 0 Å². The summed E-state index contributed by atoms with van der Waals surface area (Å²) < 4.78 is 4.74. The predicted octanol–water partition coefficient (Wildman–Crippen LogP) is 0.814. The number of ketones is 1. The maximum Gasteiger partial charge on any atom is 0.159 e. The maximum absolute atomic E-state index is 10.9. The monoisotopic (exact) mass is 198 g/mol. The van der Waals surface area contributed by atoms with E-state index in [2.05, 4.69) is 0 Å². The summed E-state index contributed by atoms with van der Waals surface area (Å²) in [6, 6.07) is 6.39.